The summed E-state index contributed by atoms with van der Waals surface area (Å²) in [5.41, 5.74) is 10.3. The molecule has 2 unspecified atom stereocenters. The van der Waals surface area contributed by atoms with Crippen LogP contribution in [-0.4, -0.2) is 12.5 Å². The Hall–Kier alpha value is -0.160. The summed E-state index contributed by atoms with van der Waals surface area (Å²) in [6.07, 6.45) is -0.831. The van der Waals surface area contributed by atoms with E-state index < -0.39 is 12.5 Å². The first-order chi connectivity index (χ1) is 3.63. The fourth-order valence-corrected chi connectivity index (χ4v) is 0.175. The first kappa shape index (κ1) is 7.84. The number of hydrogen-bond acceptors (Lipinski definition) is 4. The van der Waals surface area contributed by atoms with Crippen LogP contribution in [0, 0.1) is 0 Å². The van der Waals surface area contributed by atoms with Crippen molar-refractivity contribution in [3.63, 3.8) is 0 Å². The Morgan fingerprint density at radius 2 is 1.25 bits per heavy atom. The SMILES string of the molecule is CC(N)OOC(C)N. The molecule has 0 aromatic heterocycles. The van der Waals surface area contributed by atoms with Crippen LogP contribution >= 0.6 is 0 Å². The van der Waals surface area contributed by atoms with Gasteiger partial charge in [0.1, 0.15) is 12.5 Å². The number of hydrogen-bond donors (Lipinski definition) is 2. The predicted molar refractivity (Wildman–Crippen MR) is 29.5 cm³/mol. The van der Waals surface area contributed by atoms with Crippen molar-refractivity contribution >= 4 is 0 Å². The van der Waals surface area contributed by atoms with Crippen LogP contribution in [-0.2, 0) is 9.78 Å². The highest BCUT2D eigenvalue weighted by Gasteiger charge is 1.95. The van der Waals surface area contributed by atoms with E-state index in [9.17, 15) is 0 Å². The molecule has 0 rings (SSSR count). The first-order valence-corrected chi connectivity index (χ1v) is 2.46. The summed E-state index contributed by atoms with van der Waals surface area (Å²) in [7, 11) is 0. The lowest BCUT2D eigenvalue weighted by molar-refractivity contribution is -0.342. The summed E-state index contributed by atoms with van der Waals surface area (Å²) in [5, 5.41) is 0. The lowest BCUT2D eigenvalue weighted by Gasteiger charge is -2.08. The Morgan fingerprint density at radius 3 is 1.38 bits per heavy atom. The molecule has 0 aliphatic rings. The zero-order valence-electron chi connectivity index (χ0n) is 5.13. The lowest BCUT2D eigenvalue weighted by atomic mass is 10.7. The van der Waals surface area contributed by atoms with E-state index in [1.807, 2.05) is 0 Å². The average Bonchev–Trinajstić information content (AvgIpc) is 1.61. The van der Waals surface area contributed by atoms with Crippen molar-refractivity contribution in [2.45, 2.75) is 26.3 Å². The highest BCUT2D eigenvalue weighted by atomic mass is 17.2. The van der Waals surface area contributed by atoms with Gasteiger partial charge < -0.3 is 11.5 Å². The highest BCUT2D eigenvalue weighted by molar-refractivity contribution is 4.26. The van der Waals surface area contributed by atoms with Crippen LogP contribution in [0.3, 0.4) is 0 Å². The average molecular weight is 120 g/mol. The Morgan fingerprint density at radius 1 is 1.00 bits per heavy atom. The van der Waals surface area contributed by atoms with Crippen molar-refractivity contribution in [1.82, 2.24) is 0 Å². The molecule has 0 aliphatic heterocycles. The quantitative estimate of drug-likeness (QED) is 0.300. The van der Waals surface area contributed by atoms with E-state index in [2.05, 4.69) is 9.78 Å². The van der Waals surface area contributed by atoms with Crippen LogP contribution in [0.1, 0.15) is 13.8 Å². The summed E-state index contributed by atoms with van der Waals surface area (Å²) < 4.78 is 0. The standard InChI is InChI=1S/C4H12N2O2/c1-3(5)7-8-4(2)6/h3-4H,5-6H2,1-2H3. The summed E-state index contributed by atoms with van der Waals surface area (Å²) >= 11 is 0. The zero-order chi connectivity index (χ0) is 6.57. The molecule has 8 heavy (non-hydrogen) atoms. The molecule has 4 heteroatoms. The molecular formula is C4H12N2O2. The largest absolute Gasteiger partial charge is 0.304 e. The predicted octanol–water partition coefficient (Wildman–Crippen LogP) is -0.456. The molecule has 0 aromatic carbocycles. The lowest BCUT2D eigenvalue weighted by Crippen LogP contribution is -2.26. The Kier molecular flexibility index (Phi) is 3.72. The van der Waals surface area contributed by atoms with Gasteiger partial charge in [-0.2, -0.15) is 0 Å². The molecule has 0 amide bonds. The topological polar surface area (TPSA) is 70.5 Å². The van der Waals surface area contributed by atoms with E-state index >= 15 is 0 Å². The monoisotopic (exact) mass is 120 g/mol. The highest BCUT2D eigenvalue weighted by Crippen LogP contribution is 1.84. The number of rotatable bonds is 3. The molecule has 0 heterocycles. The van der Waals surface area contributed by atoms with E-state index in [-0.39, 0.29) is 0 Å². The smallest absolute Gasteiger partial charge is 0.138 e. The van der Waals surface area contributed by atoms with Gasteiger partial charge in [0.25, 0.3) is 0 Å². The second-order valence-electron chi connectivity index (χ2n) is 1.60. The van der Waals surface area contributed by atoms with E-state index in [1.165, 1.54) is 0 Å². The second kappa shape index (κ2) is 3.80. The third-order valence-corrected chi connectivity index (χ3v) is 0.359. The van der Waals surface area contributed by atoms with Gasteiger partial charge in [-0.25, -0.2) is 9.78 Å². The van der Waals surface area contributed by atoms with E-state index in [0.717, 1.165) is 0 Å². The number of nitrogens with two attached hydrogens (primary N) is 2. The van der Waals surface area contributed by atoms with E-state index in [0.29, 0.717) is 0 Å². The molecule has 0 bridgehead atoms. The normalized spacial score (nSPS) is 18.0. The molecule has 4 N–H and O–H groups in total. The van der Waals surface area contributed by atoms with Gasteiger partial charge in [0, 0.05) is 0 Å². The van der Waals surface area contributed by atoms with Crippen LogP contribution in [0.25, 0.3) is 0 Å². The van der Waals surface area contributed by atoms with Crippen molar-refractivity contribution in [2.24, 2.45) is 11.5 Å². The van der Waals surface area contributed by atoms with Gasteiger partial charge in [-0.1, -0.05) is 0 Å². The van der Waals surface area contributed by atoms with Crippen molar-refractivity contribution in [1.29, 1.82) is 0 Å². The fourth-order valence-electron chi connectivity index (χ4n) is 0.175. The Bertz CT molecular complexity index is 48.0. The maximum atomic E-state index is 5.14. The third kappa shape index (κ3) is 5.84. The van der Waals surface area contributed by atoms with Gasteiger partial charge in [0.15, 0.2) is 0 Å². The van der Waals surface area contributed by atoms with E-state index in [4.69, 9.17) is 11.5 Å². The maximum absolute atomic E-state index is 5.14. The molecular weight excluding hydrogens is 108 g/mol. The Labute approximate surface area is 48.7 Å². The maximum Gasteiger partial charge on any atom is 0.138 e. The molecule has 0 aliphatic carbocycles. The van der Waals surface area contributed by atoms with Crippen LogP contribution in [0.2, 0.25) is 0 Å². The zero-order valence-corrected chi connectivity index (χ0v) is 5.13. The minimum atomic E-state index is -0.416. The van der Waals surface area contributed by atoms with Crippen molar-refractivity contribution in [3.8, 4) is 0 Å². The summed E-state index contributed by atoms with van der Waals surface area (Å²) in [5.74, 6) is 0. The minimum absolute atomic E-state index is 0.416. The molecule has 0 radical (unpaired) electrons. The van der Waals surface area contributed by atoms with Gasteiger partial charge in [-0.3, -0.25) is 0 Å². The van der Waals surface area contributed by atoms with Gasteiger partial charge >= 0.3 is 0 Å². The van der Waals surface area contributed by atoms with Crippen LogP contribution in [0.5, 0.6) is 0 Å². The van der Waals surface area contributed by atoms with Gasteiger partial charge in [-0.05, 0) is 13.8 Å². The van der Waals surface area contributed by atoms with E-state index in [1.54, 1.807) is 13.8 Å². The van der Waals surface area contributed by atoms with Crippen LogP contribution < -0.4 is 11.5 Å². The molecule has 4 nitrogen and oxygen atoms in total. The van der Waals surface area contributed by atoms with Gasteiger partial charge in [0.2, 0.25) is 0 Å². The molecule has 0 spiro atoms. The Balaban J connectivity index is 2.93. The van der Waals surface area contributed by atoms with Crippen molar-refractivity contribution in [3.05, 3.63) is 0 Å². The summed E-state index contributed by atoms with van der Waals surface area (Å²) in [6.45, 7) is 3.31. The van der Waals surface area contributed by atoms with Crippen LogP contribution in [0.15, 0.2) is 0 Å². The molecule has 0 fully saturated rings. The first-order valence-electron chi connectivity index (χ1n) is 2.46. The van der Waals surface area contributed by atoms with Gasteiger partial charge in [0.05, 0.1) is 0 Å². The second-order valence-corrected chi connectivity index (χ2v) is 1.60. The summed E-state index contributed by atoms with van der Waals surface area (Å²) in [4.78, 5) is 8.91. The van der Waals surface area contributed by atoms with Crippen molar-refractivity contribution in [2.75, 3.05) is 0 Å². The van der Waals surface area contributed by atoms with Crippen LogP contribution in [0.4, 0.5) is 0 Å². The van der Waals surface area contributed by atoms with Crippen molar-refractivity contribution < 1.29 is 9.78 Å². The molecule has 0 saturated carbocycles. The molecule has 2 atom stereocenters. The fraction of sp³-hybridized carbons (Fsp3) is 1.00. The molecule has 0 saturated heterocycles. The summed E-state index contributed by atoms with van der Waals surface area (Å²) in [6, 6.07) is 0. The molecule has 0 aromatic rings. The third-order valence-electron chi connectivity index (χ3n) is 0.359. The minimum Gasteiger partial charge on any atom is -0.304 e. The van der Waals surface area contributed by atoms with Gasteiger partial charge in [-0.15, -0.1) is 0 Å². The molecule has 50 valence electrons.